The predicted octanol–water partition coefficient (Wildman–Crippen LogP) is 1.48. The Morgan fingerprint density at radius 3 is 3.17 bits per heavy atom. The lowest BCUT2D eigenvalue weighted by molar-refractivity contribution is 0.118. The Kier molecular flexibility index (Phi) is 2.10. The van der Waals surface area contributed by atoms with Crippen molar-refractivity contribution in [3.05, 3.63) is 28.4 Å². The molecule has 0 bridgehead atoms. The molecule has 2 heterocycles. The van der Waals surface area contributed by atoms with E-state index in [1.807, 2.05) is 11.5 Å². The first kappa shape index (κ1) is 7.76. The van der Waals surface area contributed by atoms with E-state index in [1.54, 1.807) is 6.20 Å². The van der Waals surface area contributed by atoms with Crippen LogP contribution in [0.5, 0.6) is 0 Å². The van der Waals surface area contributed by atoms with E-state index in [4.69, 9.17) is 4.74 Å². The van der Waals surface area contributed by atoms with Crippen molar-refractivity contribution in [1.29, 1.82) is 0 Å². The minimum atomic E-state index is -0.660. The average Bonchev–Trinajstić information content (AvgIpc) is 2.77. The number of thiazole rings is 1. The second kappa shape index (κ2) is 3.25. The van der Waals surface area contributed by atoms with Crippen LogP contribution < -0.4 is 0 Å². The molecule has 1 aromatic heterocycles. The summed E-state index contributed by atoms with van der Waals surface area (Å²) in [6, 6.07) is 0. The summed E-state index contributed by atoms with van der Waals surface area (Å²) < 4.78 is 5.22. The van der Waals surface area contributed by atoms with Gasteiger partial charge in [0.05, 0.1) is 6.61 Å². The van der Waals surface area contributed by atoms with Crippen LogP contribution in [0.1, 0.15) is 17.5 Å². The van der Waals surface area contributed by atoms with Crippen LogP contribution in [-0.4, -0.2) is 16.7 Å². The van der Waals surface area contributed by atoms with Gasteiger partial charge in [0.1, 0.15) is 10.8 Å². The molecule has 0 aromatic carbocycles. The zero-order chi connectivity index (χ0) is 8.39. The number of aliphatic hydroxyl groups excluding tert-OH is 1. The molecule has 1 aliphatic rings. The first-order chi connectivity index (χ1) is 5.88. The zero-order valence-corrected chi connectivity index (χ0v) is 7.25. The van der Waals surface area contributed by atoms with E-state index in [0.29, 0.717) is 17.4 Å². The summed E-state index contributed by atoms with van der Waals surface area (Å²) in [5, 5.41) is 12.2. The van der Waals surface area contributed by atoms with E-state index in [9.17, 15) is 5.11 Å². The van der Waals surface area contributed by atoms with Gasteiger partial charge in [-0.15, -0.1) is 11.3 Å². The Morgan fingerprint density at radius 2 is 2.58 bits per heavy atom. The molecule has 64 valence electrons. The molecule has 1 unspecified atom stereocenters. The van der Waals surface area contributed by atoms with E-state index in [2.05, 4.69) is 4.98 Å². The maximum atomic E-state index is 9.66. The number of nitrogens with zero attached hydrogens (tertiary/aromatic N) is 1. The van der Waals surface area contributed by atoms with Gasteiger partial charge in [-0.2, -0.15) is 0 Å². The number of aliphatic hydroxyl groups is 1. The van der Waals surface area contributed by atoms with Crippen LogP contribution in [0.4, 0.5) is 0 Å². The summed E-state index contributed by atoms with van der Waals surface area (Å²) in [6.07, 6.45) is 3.82. The van der Waals surface area contributed by atoms with Crippen molar-refractivity contribution in [3.8, 4) is 0 Å². The van der Waals surface area contributed by atoms with Gasteiger partial charge in [-0.05, 0) is 6.08 Å². The van der Waals surface area contributed by atoms with Crippen molar-refractivity contribution in [2.75, 3.05) is 6.61 Å². The van der Waals surface area contributed by atoms with E-state index in [-0.39, 0.29) is 0 Å². The van der Waals surface area contributed by atoms with Crippen molar-refractivity contribution in [3.63, 3.8) is 0 Å². The maximum Gasteiger partial charge on any atom is 0.162 e. The predicted molar refractivity (Wildman–Crippen MR) is 45.7 cm³/mol. The number of rotatable bonds is 2. The van der Waals surface area contributed by atoms with Crippen molar-refractivity contribution >= 4 is 11.3 Å². The third kappa shape index (κ3) is 1.35. The topological polar surface area (TPSA) is 42.4 Å². The fourth-order valence-electron chi connectivity index (χ4n) is 1.12. The first-order valence-corrected chi connectivity index (χ1v) is 4.66. The third-order valence-corrected chi connectivity index (χ3v) is 2.51. The highest BCUT2D eigenvalue weighted by molar-refractivity contribution is 7.09. The van der Waals surface area contributed by atoms with Gasteiger partial charge in [0.15, 0.2) is 6.10 Å². The monoisotopic (exact) mass is 183 g/mol. The second-order valence-electron chi connectivity index (χ2n) is 2.52. The molecule has 0 fully saturated rings. The second-order valence-corrected chi connectivity index (χ2v) is 3.44. The molecule has 0 saturated carbocycles. The highest BCUT2D eigenvalue weighted by Gasteiger charge is 2.19. The quantitative estimate of drug-likeness (QED) is 0.755. The van der Waals surface area contributed by atoms with Gasteiger partial charge in [0.2, 0.25) is 0 Å². The summed E-state index contributed by atoms with van der Waals surface area (Å²) in [5.41, 5.74) is 0. The lowest BCUT2D eigenvalue weighted by Crippen LogP contribution is -2.01. The molecule has 0 radical (unpaired) electrons. The molecular formula is C8H9NO2S. The van der Waals surface area contributed by atoms with Gasteiger partial charge < -0.3 is 9.84 Å². The van der Waals surface area contributed by atoms with Crippen LogP contribution in [0.25, 0.3) is 0 Å². The molecule has 1 aliphatic heterocycles. The van der Waals surface area contributed by atoms with E-state index >= 15 is 0 Å². The summed E-state index contributed by atoms with van der Waals surface area (Å²) >= 11 is 1.44. The molecule has 0 amide bonds. The number of ether oxygens (including phenoxy) is 1. The van der Waals surface area contributed by atoms with Gasteiger partial charge >= 0.3 is 0 Å². The minimum absolute atomic E-state index is 0.643. The van der Waals surface area contributed by atoms with Crippen LogP contribution in [0.15, 0.2) is 23.4 Å². The largest absolute Gasteiger partial charge is 0.495 e. The van der Waals surface area contributed by atoms with Crippen molar-refractivity contribution < 1.29 is 9.84 Å². The molecule has 2 rings (SSSR count). The van der Waals surface area contributed by atoms with E-state index in [0.717, 1.165) is 6.42 Å². The Hall–Kier alpha value is -0.870. The molecule has 4 heteroatoms. The van der Waals surface area contributed by atoms with Crippen LogP contribution in [0.3, 0.4) is 0 Å². The molecule has 0 saturated heterocycles. The lowest BCUT2D eigenvalue weighted by atomic mass is 10.3. The van der Waals surface area contributed by atoms with Crippen molar-refractivity contribution in [1.82, 2.24) is 4.98 Å². The zero-order valence-electron chi connectivity index (χ0n) is 6.43. The number of hydrogen-bond donors (Lipinski definition) is 1. The average molecular weight is 183 g/mol. The molecule has 12 heavy (non-hydrogen) atoms. The molecule has 0 spiro atoms. The number of aromatic nitrogens is 1. The molecule has 1 N–H and O–H groups in total. The van der Waals surface area contributed by atoms with Crippen molar-refractivity contribution in [2.45, 2.75) is 12.5 Å². The summed E-state index contributed by atoms with van der Waals surface area (Å²) in [4.78, 5) is 4.01. The normalized spacial score (nSPS) is 18.6. The molecule has 1 aromatic rings. The highest BCUT2D eigenvalue weighted by Crippen LogP contribution is 2.27. The molecular weight excluding hydrogens is 174 g/mol. The molecule has 1 atom stereocenters. The van der Waals surface area contributed by atoms with Gasteiger partial charge in [0.25, 0.3) is 0 Å². The Labute approximate surface area is 74.3 Å². The summed E-state index contributed by atoms with van der Waals surface area (Å²) in [6.45, 7) is 0.678. The van der Waals surface area contributed by atoms with Gasteiger partial charge in [0, 0.05) is 18.0 Å². The fraction of sp³-hybridized carbons (Fsp3) is 0.375. The van der Waals surface area contributed by atoms with Gasteiger partial charge in [-0.1, -0.05) is 0 Å². The maximum absolute atomic E-state index is 9.66. The standard InChI is InChI=1S/C8H9NO2S/c10-7(6-2-1-4-11-6)8-9-3-5-12-8/h2-3,5,7,10H,1,4H2. The molecule has 0 aliphatic carbocycles. The first-order valence-electron chi connectivity index (χ1n) is 3.78. The Morgan fingerprint density at radius 1 is 1.67 bits per heavy atom. The van der Waals surface area contributed by atoms with Crippen LogP contribution in [0, 0.1) is 0 Å². The summed E-state index contributed by atoms with van der Waals surface area (Å²) in [7, 11) is 0. The Balaban J connectivity index is 2.14. The highest BCUT2D eigenvalue weighted by atomic mass is 32.1. The van der Waals surface area contributed by atoms with Crippen LogP contribution in [-0.2, 0) is 4.74 Å². The SMILES string of the molecule is OC(C1=CCCO1)c1nccs1. The third-order valence-electron chi connectivity index (χ3n) is 1.69. The Bertz CT molecular complexity index is 281. The van der Waals surface area contributed by atoms with Gasteiger partial charge in [-0.25, -0.2) is 4.98 Å². The lowest BCUT2D eigenvalue weighted by Gasteiger charge is -2.08. The van der Waals surface area contributed by atoms with Crippen LogP contribution >= 0.6 is 11.3 Å². The van der Waals surface area contributed by atoms with Crippen LogP contribution in [0.2, 0.25) is 0 Å². The fourth-order valence-corrected chi connectivity index (χ4v) is 1.75. The number of hydrogen-bond acceptors (Lipinski definition) is 4. The van der Waals surface area contributed by atoms with E-state index in [1.165, 1.54) is 11.3 Å². The van der Waals surface area contributed by atoms with Gasteiger partial charge in [-0.3, -0.25) is 0 Å². The molecule has 3 nitrogen and oxygen atoms in total. The summed E-state index contributed by atoms with van der Waals surface area (Å²) in [5.74, 6) is 0.643. The van der Waals surface area contributed by atoms with E-state index < -0.39 is 6.10 Å². The smallest absolute Gasteiger partial charge is 0.162 e. The minimum Gasteiger partial charge on any atom is -0.495 e. The van der Waals surface area contributed by atoms with Crippen molar-refractivity contribution in [2.24, 2.45) is 0 Å².